The van der Waals surface area contributed by atoms with Gasteiger partial charge >= 0.3 is 6.09 Å². The van der Waals surface area contributed by atoms with Crippen molar-refractivity contribution in [3.8, 4) is 0 Å². The van der Waals surface area contributed by atoms with Gasteiger partial charge in [0.15, 0.2) is 0 Å². The Morgan fingerprint density at radius 3 is 2.55 bits per heavy atom. The fourth-order valence-electron chi connectivity index (χ4n) is 2.97. The Morgan fingerprint density at radius 1 is 1.30 bits per heavy atom. The van der Waals surface area contributed by atoms with Crippen LogP contribution in [0, 0.1) is 11.8 Å². The molecular formula is C15H27NO4. The van der Waals surface area contributed by atoms with E-state index in [-0.39, 0.29) is 12.0 Å². The van der Waals surface area contributed by atoms with Crippen LogP contribution in [0.1, 0.15) is 40.0 Å². The van der Waals surface area contributed by atoms with Crippen LogP contribution < -0.4 is 0 Å². The lowest BCUT2D eigenvalue weighted by Gasteiger charge is -2.26. The number of ether oxygens (including phenoxy) is 2. The lowest BCUT2D eigenvalue weighted by Crippen LogP contribution is -2.35. The molecule has 1 amide bonds. The zero-order valence-electron chi connectivity index (χ0n) is 12.8. The maximum atomic E-state index is 12.0. The van der Waals surface area contributed by atoms with Crippen LogP contribution in [0.15, 0.2) is 0 Å². The highest BCUT2D eigenvalue weighted by molar-refractivity contribution is 5.68. The van der Waals surface area contributed by atoms with Crippen molar-refractivity contribution in [1.29, 1.82) is 0 Å². The van der Waals surface area contributed by atoms with Crippen molar-refractivity contribution in [3.05, 3.63) is 0 Å². The van der Waals surface area contributed by atoms with Gasteiger partial charge in [0, 0.05) is 25.7 Å². The zero-order chi connectivity index (χ0) is 14.8. The minimum atomic E-state index is -0.485. The summed E-state index contributed by atoms with van der Waals surface area (Å²) in [5, 5.41) is 10.2. The van der Waals surface area contributed by atoms with Gasteiger partial charge in [-0.3, -0.25) is 0 Å². The van der Waals surface area contributed by atoms with E-state index in [4.69, 9.17) is 9.47 Å². The molecule has 0 unspecified atom stereocenters. The molecule has 0 saturated carbocycles. The highest BCUT2D eigenvalue weighted by Gasteiger charge is 2.37. The van der Waals surface area contributed by atoms with Crippen LogP contribution >= 0.6 is 0 Å². The summed E-state index contributed by atoms with van der Waals surface area (Å²) in [5.41, 5.74) is -0.485. The molecule has 2 rings (SSSR count). The highest BCUT2D eigenvalue weighted by atomic mass is 16.6. The Bertz CT molecular complexity index is 333. The summed E-state index contributed by atoms with van der Waals surface area (Å²) in [7, 11) is 0. The number of aliphatic hydroxyl groups excluding tert-OH is 1. The zero-order valence-corrected chi connectivity index (χ0v) is 12.8. The molecule has 0 aliphatic carbocycles. The van der Waals surface area contributed by atoms with Crippen LogP contribution in [0.3, 0.4) is 0 Å². The van der Waals surface area contributed by atoms with Crippen molar-refractivity contribution in [2.75, 3.05) is 26.3 Å². The molecule has 20 heavy (non-hydrogen) atoms. The Morgan fingerprint density at radius 2 is 1.95 bits per heavy atom. The molecule has 2 saturated heterocycles. The van der Waals surface area contributed by atoms with Gasteiger partial charge in [-0.15, -0.1) is 0 Å². The van der Waals surface area contributed by atoms with Crippen molar-refractivity contribution in [2.45, 2.75) is 51.7 Å². The van der Waals surface area contributed by atoms with Gasteiger partial charge in [-0.05, 0) is 46.0 Å². The summed E-state index contributed by atoms with van der Waals surface area (Å²) in [5.74, 6) is 0.785. The maximum absolute atomic E-state index is 12.0. The van der Waals surface area contributed by atoms with Gasteiger partial charge in [0.25, 0.3) is 0 Å². The third-order valence-corrected chi connectivity index (χ3v) is 4.04. The van der Waals surface area contributed by atoms with Gasteiger partial charge < -0.3 is 19.5 Å². The SMILES string of the molecule is CC(C)(C)OC(=O)N1C[C@@H](CC2CCOCC2)[C@H](O)C1. The van der Waals surface area contributed by atoms with Gasteiger partial charge in [0.1, 0.15) is 5.60 Å². The largest absolute Gasteiger partial charge is 0.444 e. The van der Waals surface area contributed by atoms with Crippen molar-refractivity contribution < 1.29 is 19.4 Å². The van der Waals surface area contributed by atoms with E-state index in [2.05, 4.69) is 0 Å². The monoisotopic (exact) mass is 285 g/mol. The first-order valence-corrected chi connectivity index (χ1v) is 7.59. The molecule has 0 bridgehead atoms. The molecule has 0 spiro atoms. The summed E-state index contributed by atoms with van der Waals surface area (Å²) < 4.78 is 10.7. The number of carbonyl (C=O) groups is 1. The topological polar surface area (TPSA) is 59.0 Å². The van der Waals surface area contributed by atoms with E-state index in [9.17, 15) is 9.90 Å². The number of hydrogen-bond acceptors (Lipinski definition) is 4. The third-order valence-electron chi connectivity index (χ3n) is 4.04. The van der Waals surface area contributed by atoms with Gasteiger partial charge in [-0.25, -0.2) is 4.79 Å². The minimum Gasteiger partial charge on any atom is -0.444 e. The molecule has 2 atom stereocenters. The van der Waals surface area contributed by atoms with Crippen LogP contribution in [-0.2, 0) is 9.47 Å². The van der Waals surface area contributed by atoms with Crippen LogP contribution in [0.4, 0.5) is 4.79 Å². The Balaban J connectivity index is 1.83. The number of nitrogens with zero attached hydrogens (tertiary/aromatic N) is 1. The first-order valence-electron chi connectivity index (χ1n) is 7.59. The van der Waals surface area contributed by atoms with E-state index in [1.54, 1.807) is 4.90 Å². The first kappa shape index (κ1) is 15.6. The summed E-state index contributed by atoms with van der Waals surface area (Å²) in [6.45, 7) is 8.22. The van der Waals surface area contributed by atoms with Crippen molar-refractivity contribution >= 4 is 6.09 Å². The average molecular weight is 285 g/mol. The molecule has 0 aromatic rings. The standard InChI is InChI=1S/C15H27NO4/c1-15(2,3)20-14(18)16-9-12(13(17)10-16)8-11-4-6-19-7-5-11/h11-13,17H,4-10H2,1-3H3/t12-,13-/m1/s1. The Hall–Kier alpha value is -0.810. The number of carbonyl (C=O) groups excluding carboxylic acids is 1. The second-order valence-electron chi connectivity index (χ2n) is 7.00. The Kier molecular flexibility index (Phi) is 4.91. The number of aliphatic hydroxyl groups is 1. The molecule has 2 heterocycles. The molecule has 2 aliphatic rings. The first-order chi connectivity index (χ1) is 9.35. The molecule has 2 fully saturated rings. The second kappa shape index (κ2) is 6.31. The predicted octanol–water partition coefficient (Wildman–Crippen LogP) is 2.03. The summed E-state index contributed by atoms with van der Waals surface area (Å²) in [6.07, 6.45) is 2.37. The fourth-order valence-corrected chi connectivity index (χ4v) is 2.97. The summed E-state index contributed by atoms with van der Waals surface area (Å²) >= 11 is 0. The van der Waals surface area contributed by atoms with Gasteiger partial charge in [-0.2, -0.15) is 0 Å². The average Bonchev–Trinajstić information content (AvgIpc) is 2.70. The number of amides is 1. The van der Waals surface area contributed by atoms with E-state index in [1.165, 1.54) is 0 Å². The van der Waals surface area contributed by atoms with Crippen molar-refractivity contribution in [3.63, 3.8) is 0 Å². The van der Waals surface area contributed by atoms with Crippen molar-refractivity contribution in [2.24, 2.45) is 11.8 Å². The van der Waals surface area contributed by atoms with Crippen LogP contribution in [-0.4, -0.2) is 54.1 Å². The molecular weight excluding hydrogens is 258 g/mol. The molecule has 2 aliphatic heterocycles. The molecule has 0 radical (unpaired) electrons. The van der Waals surface area contributed by atoms with Gasteiger partial charge in [0.05, 0.1) is 12.6 Å². The number of likely N-dealkylation sites (tertiary alicyclic amines) is 1. The van der Waals surface area contributed by atoms with Gasteiger partial charge in [-0.1, -0.05) is 0 Å². The molecule has 0 aromatic heterocycles. The summed E-state index contributed by atoms with van der Waals surface area (Å²) in [6, 6.07) is 0. The lowest BCUT2D eigenvalue weighted by molar-refractivity contribution is 0.0269. The smallest absolute Gasteiger partial charge is 0.410 e. The van der Waals surface area contributed by atoms with E-state index in [0.717, 1.165) is 32.5 Å². The van der Waals surface area contributed by atoms with E-state index in [0.29, 0.717) is 19.0 Å². The highest BCUT2D eigenvalue weighted by Crippen LogP contribution is 2.29. The third kappa shape index (κ3) is 4.35. The molecule has 5 heteroatoms. The Labute approximate surface area is 121 Å². The second-order valence-corrected chi connectivity index (χ2v) is 7.00. The molecule has 1 N–H and O–H groups in total. The quantitative estimate of drug-likeness (QED) is 0.843. The van der Waals surface area contributed by atoms with Crippen molar-refractivity contribution in [1.82, 2.24) is 4.90 Å². The fraction of sp³-hybridized carbons (Fsp3) is 0.933. The van der Waals surface area contributed by atoms with E-state index in [1.807, 2.05) is 20.8 Å². The van der Waals surface area contributed by atoms with Crippen LogP contribution in [0.2, 0.25) is 0 Å². The number of hydrogen-bond donors (Lipinski definition) is 1. The maximum Gasteiger partial charge on any atom is 0.410 e. The minimum absolute atomic E-state index is 0.172. The van der Waals surface area contributed by atoms with Crippen LogP contribution in [0.5, 0.6) is 0 Å². The predicted molar refractivity (Wildman–Crippen MR) is 75.5 cm³/mol. The molecule has 5 nitrogen and oxygen atoms in total. The molecule has 116 valence electrons. The summed E-state index contributed by atoms with van der Waals surface area (Å²) in [4.78, 5) is 13.7. The van der Waals surface area contributed by atoms with Gasteiger partial charge in [0.2, 0.25) is 0 Å². The number of β-amino-alcohol motifs (C(OH)–C–C–N with tert-alkyl or cyclic N) is 1. The van der Waals surface area contributed by atoms with Crippen LogP contribution in [0.25, 0.3) is 0 Å². The normalized spacial score (nSPS) is 28.7. The number of rotatable bonds is 2. The molecule has 0 aromatic carbocycles. The lowest BCUT2D eigenvalue weighted by atomic mass is 9.87. The van der Waals surface area contributed by atoms with E-state index < -0.39 is 11.7 Å². The van der Waals surface area contributed by atoms with E-state index >= 15 is 0 Å².